The zero-order valence-electron chi connectivity index (χ0n) is 13.4. The van der Waals surface area contributed by atoms with E-state index in [0.717, 1.165) is 30.6 Å². The number of halogens is 3. The van der Waals surface area contributed by atoms with Crippen LogP contribution in [0.15, 0.2) is 11.2 Å². The number of aromatic nitrogens is 2. The number of alkyl halides is 3. The third-order valence-corrected chi connectivity index (χ3v) is 4.02. The summed E-state index contributed by atoms with van der Waals surface area (Å²) in [5, 5.41) is 6.45. The van der Waals surface area contributed by atoms with Gasteiger partial charge in [-0.2, -0.15) is 18.3 Å². The quantitative estimate of drug-likeness (QED) is 0.630. The molecule has 1 aliphatic heterocycles. The number of nitrogens with one attached hydrogen (secondary N) is 1. The average Bonchev–Trinajstić information content (AvgIpc) is 3.08. The van der Waals surface area contributed by atoms with E-state index in [4.69, 9.17) is 5.73 Å². The number of aryl methyl sites for hydroxylation is 1. The lowest BCUT2D eigenvalue weighted by molar-refractivity contribution is -0.142. The van der Waals surface area contributed by atoms with Gasteiger partial charge in [-0.25, -0.2) is 4.99 Å². The predicted octanol–water partition coefficient (Wildman–Crippen LogP) is 1.33. The molecule has 1 fully saturated rings. The molecule has 3 N–H and O–H groups in total. The number of likely N-dealkylation sites (N-methyl/N-ethyl adjacent to an activating group) is 1. The summed E-state index contributed by atoms with van der Waals surface area (Å²) < 4.78 is 39.7. The Morgan fingerprint density at radius 3 is 2.91 bits per heavy atom. The SMILES string of the molecule is CCN1CCCC1CNC(N)=NCc1cn(C)nc1C(F)(F)F. The molecule has 23 heavy (non-hydrogen) atoms. The highest BCUT2D eigenvalue weighted by Gasteiger charge is 2.36. The lowest BCUT2D eigenvalue weighted by Gasteiger charge is -2.23. The second-order valence-electron chi connectivity index (χ2n) is 5.68. The number of hydrogen-bond acceptors (Lipinski definition) is 3. The molecular weight excluding hydrogens is 309 g/mol. The minimum Gasteiger partial charge on any atom is -0.370 e. The lowest BCUT2D eigenvalue weighted by Crippen LogP contribution is -2.42. The minimum absolute atomic E-state index is 0.0146. The zero-order valence-corrected chi connectivity index (χ0v) is 13.4. The van der Waals surface area contributed by atoms with Crippen LogP contribution in [0.5, 0.6) is 0 Å². The van der Waals surface area contributed by atoms with Crippen molar-refractivity contribution in [3.8, 4) is 0 Å². The van der Waals surface area contributed by atoms with Gasteiger partial charge in [0.05, 0.1) is 6.54 Å². The molecule has 1 atom stereocenters. The van der Waals surface area contributed by atoms with Gasteiger partial charge in [-0.1, -0.05) is 6.92 Å². The van der Waals surface area contributed by atoms with Crippen LogP contribution in [-0.4, -0.2) is 46.3 Å². The summed E-state index contributed by atoms with van der Waals surface area (Å²) >= 11 is 0. The topological polar surface area (TPSA) is 71.5 Å². The number of nitrogens with zero attached hydrogens (tertiary/aromatic N) is 4. The van der Waals surface area contributed by atoms with Crippen molar-refractivity contribution in [1.82, 2.24) is 20.0 Å². The number of likely N-dealkylation sites (tertiary alicyclic amines) is 1. The first-order valence-corrected chi connectivity index (χ1v) is 7.68. The molecule has 0 radical (unpaired) electrons. The van der Waals surface area contributed by atoms with Crippen molar-refractivity contribution >= 4 is 5.96 Å². The summed E-state index contributed by atoms with van der Waals surface area (Å²) in [6.45, 7) is 4.67. The second-order valence-corrected chi connectivity index (χ2v) is 5.68. The molecule has 130 valence electrons. The molecule has 1 saturated heterocycles. The van der Waals surface area contributed by atoms with E-state index in [-0.39, 0.29) is 18.1 Å². The van der Waals surface area contributed by atoms with Gasteiger partial charge in [0.15, 0.2) is 11.7 Å². The van der Waals surface area contributed by atoms with Gasteiger partial charge in [0.2, 0.25) is 0 Å². The maximum Gasteiger partial charge on any atom is 0.435 e. The summed E-state index contributed by atoms with van der Waals surface area (Å²) in [5.41, 5.74) is 4.87. The molecule has 0 bridgehead atoms. The van der Waals surface area contributed by atoms with Crippen molar-refractivity contribution < 1.29 is 13.2 Å². The maximum absolute atomic E-state index is 12.8. The Kier molecular flexibility index (Phi) is 5.51. The van der Waals surface area contributed by atoms with Crippen LogP contribution < -0.4 is 11.1 Å². The van der Waals surface area contributed by atoms with E-state index in [0.29, 0.717) is 12.6 Å². The van der Waals surface area contributed by atoms with Crippen molar-refractivity contribution in [2.24, 2.45) is 17.8 Å². The third kappa shape index (κ3) is 4.60. The Hall–Kier alpha value is -1.77. The monoisotopic (exact) mass is 332 g/mol. The van der Waals surface area contributed by atoms with Gasteiger partial charge in [-0.05, 0) is 25.9 Å². The van der Waals surface area contributed by atoms with Crippen LogP contribution in [0.3, 0.4) is 0 Å². The highest BCUT2D eigenvalue weighted by molar-refractivity contribution is 5.77. The summed E-state index contributed by atoms with van der Waals surface area (Å²) in [4.78, 5) is 6.36. The van der Waals surface area contributed by atoms with Crippen molar-refractivity contribution in [3.05, 3.63) is 17.5 Å². The average molecular weight is 332 g/mol. The second kappa shape index (κ2) is 7.20. The number of hydrogen-bond donors (Lipinski definition) is 2. The highest BCUT2D eigenvalue weighted by atomic mass is 19.4. The Morgan fingerprint density at radius 2 is 2.26 bits per heavy atom. The van der Waals surface area contributed by atoms with Crippen LogP contribution >= 0.6 is 0 Å². The van der Waals surface area contributed by atoms with Crippen LogP contribution in [0, 0.1) is 0 Å². The van der Waals surface area contributed by atoms with Crippen LogP contribution in [-0.2, 0) is 19.8 Å². The fraction of sp³-hybridized carbons (Fsp3) is 0.714. The van der Waals surface area contributed by atoms with Gasteiger partial charge in [-0.3, -0.25) is 9.58 Å². The molecule has 2 heterocycles. The van der Waals surface area contributed by atoms with E-state index < -0.39 is 11.9 Å². The molecule has 1 aliphatic rings. The number of rotatable bonds is 5. The van der Waals surface area contributed by atoms with Crippen molar-refractivity contribution in [2.75, 3.05) is 19.6 Å². The van der Waals surface area contributed by atoms with Crippen LogP contribution in [0.25, 0.3) is 0 Å². The molecule has 1 aromatic heterocycles. The van der Waals surface area contributed by atoms with Crippen LogP contribution in [0.2, 0.25) is 0 Å². The minimum atomic E-state index is -4.49. The van der Waals surface area contributed by atoms with Crippen molar-refractivity contribution in [1.29, 1.82) is 0 Å². The van der Waals surface area contributed by atoms with Gasteiger partial charge in [0.1, 0.15) is 0 Å². The first-order valence-electron chi connectivity index (χ1n) is 7.68. The molecule has 1 aromatic rings. The molecular formula is C14H23F3N6. The van der Waals surface area contributed by atoms with Crippen molar-refractivity contribution in [2.45, 2.75) is 38.5 Å². The number of nitrogens with two attached hydrogens (primary N) is 1. The zero-order chi connectivity index (χ0) is 17.0. The van der Waals surface area contributed by atoms with E-state index in [1.165, 1.54) is 13.2 Å². The van der Waals surface area contributed by atoms with E-state index in [9.17, 15) is 13.2 Å². The standard InChI is InChI=1S/C14H23F3N6/c1-3-23-6-4-5-11(23)8-20-13(18)19-7-10-9-22(2)21-12(10)14(15,16)17/h9,11H,3-8H2,1-2H3,(H3,18,19,20). The fourth-order valence-corrected chi connectivity index (χ4v) is 2.88. The summed E-state index contributed by atoms with van der Waals surface area (Å²) in [6.07, 6.45) is -0.925. The Morgan fingerprint density at radius 1 is 1.52 bits per heavy atom. The van der Waals surface area contributed by atoms with Crippen molar-refractivity contribution in [3.63, 3.8) is 0 Å². The summed E-state index contributed by atoms with van der Waals surface area (Å²) in [5.74, 6) is 0.157. The van der Waals surface area contributed by atoms with Crippen LogP contribution in [0.4, 0.5) is 13.2 Å². The first-order chi connectivity index (χ1) is 10.8. The van der Waals surface area contributed by atoms with Gasteiger partial charge in [0.25, 0.3) is 0 Å². The van der Waals surface area contributed by atoms with Gasteiger partial charge < -0.3 is 11.1 Å². The molecule has 0 spiro atoms. The third-order valence-electron chi connectivity index (χ3n) is 4.02. The first kappa shape index (κ1) is 17.6. The molecule has 2 rings (SSSR count). The Labute approximate surface area is 133 Å². The number of guanidine groups is 1. The van der Waals surface area contributed by atoms with E-state index in [1.54, 1.807) is 0 Å². The Balaban J connectivity index is 1.92. The van der Waals surface area contributed by atoms with E-state index >= 15 is 0 Å². The maximum atomic E-state index is 12.8. The smallest absolute Gasteiger partial charge is 0.370 e. The largest absolute Gasteiger partial charge is 0.435 e. The van der Waals surface area contributed by atoms with Gasteiger partial charge >= 0.3 is 6.18 Å². The molecule has 0 aromatic carbocycles. The fourth-order valence-electron chi connectivity index (χ4n) is 2.88. The van der Waals surface area contributed by atoms with E-state index in [1.807, 2.05) is 0 Å². The molecule has 0 saturated carbocycles. The van der Waals surface area contributed by atoms with Gasteiger partial charge in [0, 0.05) is 31.4 Å². The predicted molar refractivity (Wildman–Crippen MR) is 81.8 cm³/mol. The highest BCUT2D eigenvalue weighted by Crippen LogP contribution is 2.30. The molecule has 9 heteroatoms. The van der Waals surface area contributed by atoms with E-state index in [2.05, 4.69) is 27.2 Å². The molecule has 1 unspecified atom stereocenters. The summed E-state index contributed by atoms with van der Waals surface area (Å²) in [7, 11) is 1.45. The summed E-state index contributed by atoms with van der Waals surface area (Å²) in [6, 6.07) is 0.401. The van der Waals surface area contributed by atoms with Gasteiger partial charge in [-0.15, -0.1) is 0 Å². The molecule has 6 nitrogen and oxygen atoms in total. The lowest BCUT2D eigenvalue weighted by atomic mass is 10.2. The van der Waals surface area contributed by atoms with Crippen LogP contribution in [0.1, 0.15) is 31.0 Å². The molecule has 0 amide bonds. The number of aliphatic imine (C=N–C) groups is 1. The normalized spacial score (nSPS) is 20.2. The Bertz CT molecular complexity index is 551. The molecule has 0 aliphatic carbocycles.